The average Bonchev–Trinajstić information content (AvgIpc) is 2.97. The van der Waals surface area contributed by atoms with Gasteiger partial charge in [0.15, 0.2) is 0 Å². The van der Waals surface area contributed by atoms with Crippen LogP contribution in [0.3, 0.4) is 0 Å². The van der Waals surface area contributed by atoms with Crippen molar-refractivity contribution in [2.45, 2.75) is 19.1 Å². The normalized spacial score (nSPS) is 19.9. The molecule has 0 saturated carbocycles. The molecule has 2 aliphatic rings. The number of hydroxylamine groups is 3. The zero-order valence-corrected chi connectivity index (χ0v) is 18.2. The third-order valence-electron chi connectivity index (χ3n) is 6.26. The zero-order valence-electron chi connectivity index (χ0n) is 17.5. The van der Waals surface area contributed by atoms with E-state index in [2.05, 4.69) is 14.9 Å². The van der Waals surface area contributed by atoms with Crippen molar-refractivity contribution in [3.05, 3.63) is 93.7 Å². The average molecular weight is 451 g/mol. The minimum atomic E-state index is -0.815. The van der Waals surface area contributed by atoms with Crippen LogP contribution in [0.15, 0.2) is 61.1 Å². The number of halogens is 1. The lowest BCUT2D eigenvalue weighted by atomic mass is 9.97. The van der Waals surface area contributed by atoms with Crippen molar-refractivity contribution in [2.75, 3.05) is 26.2 Å². The molecule has 1 unspecified atom stereocenters. The Kier molecular flexibility index (Phi) is 5.65. The fourth-order valence-electron chi connectivity index (χ4n) is 4.48. The van der Waals surface area contributed by atoms with Crippen molar-refractivity contribution >= 4 is 17.5 Å². The van der Waals surface area contributed by atoms with E-state index in [1.807, 2.05) is 30.3 Å². The van der Waals surface area contributed by atoms with E-state index in [9.17, 15) is 10.0 Å². The Labute approximate surface area is 191 Å². The molecule has 1 amide bonds. The number of carbonyl (C=O) groups excluding carboxylic acids is 1. The highest BCUT2D eigenvalue weighted by Crippen LogP contribution is 2.40. The second-order valence-electron chi connectivity index (χ2n) is 8.22. The van der Waals surface area contributed by atoms with Gasteiger partial charge in [-0.2, -0.15) is 0 Å². The summed E-state index contributed by atoms with van der Waals surface area (Å²) in [6.45, 7) is 1.77. The molecule has 8 heteroatoms. The first-order chi connectivity index (χ1) is 15.5. The van der Waals surface area contributed by atoms with Crippen LogP contribution in [0.5, 0.6) is 5.75 Å². The lowest BCUT2D eigenvalue weighted by Gasteiger charge is -2.47. The fourth-order valence-corrected chi connectivity index (χ4v) is 4.64. The van der Waals surface area contributed by atoms with Crippen LogP contribution in [-0.4, -0.2) is 51.6 Å². The Bertz CT molecular complexity index is 1130. The number of nitrogens with zero attached hydrogens (tertiary/aromatic N) is 4. The lowest BCUT2D eigenvalue weighted by Crippen LogP contribution is -2.60. The summed E-state index contributed by atoms with van der Waals surface area (Å²) >= 11 is 6.22. The maximum Gasteiger partial charge on any atom is 0.318 e. The molecule has 2 aliphatic heterocycles. The number of piperazine rings is 1. The highest BCUT2D eigenvalue weighted by molar-refractivity contribution is 6.30. The summed E-state index contributed by atoms with van der Waals surface area (Å²) < 4.78 is 5.23. The molecular formula is C24H23ClN4O3. The molecule has 3 aromatic rings. The topological polar surface area (TPSA) is 78.4 Å². The smallest absolute Gasteiger partial charge is 0.318 e. The van der Waals surface area contributed by atoms with Crippen LogP contribution in [0, 0.1) is 5.21 Å². The number of quaternary nitrogens is 1. The molecule has 0 aliphatic carbocycles. The van der Waals surface area contributed by atoms with Gasteiger partial charge in [0, 0.05) is 47.8 Å². The van der Waals surface area contributed by atoms with Crippen LogP contribution in [0.25, 0.3) is 0 Å². The molecule has 4 heterocycles. The second-order valence-corrected chi connectivity index (χ2v) is 8.66. The summed E-state index contributed by atoms with van der Waals surface area (Å²) in [7, 11) is 0. The number of carbonyl (C=O) groups is 1. The first-order valence-electron chi connectivity index (χ1n) is 10.6. The van der Waals surface area contributed by atoms with Crippen molar-refractivity contribution in [3.8, 4) is 5.75 Å². The van der Waals surface area contributed by atoms with E-state index >= 15 is 0 Å². The molecule has 1 aromatic carbocycles. The molecule has 1 fully saturated rings. The number of ether oxygens (including phenoxy) is 1. The number of hydrogen-bond acceptors (Lipinski definition) is 6. The van der Waals surface area contributed by atoms with Crippen LogP contribution in [0.1, 0.15) is 28.4 Å². The number of hydrogen-bond donors (Lipinski definition) is 0. The van der Waals surface area contributed by atoms with E-state index in [1.165, 1.54) is 0 Å². The van der Waals surface area contributed by atoms with Crippen LogP contribution in [0.2, 0.25) is 5.02 Å². The summed E-state index contributed by atoms with van der Waals surface area (Å²) in [4.78, 5) is 23.7. The number of benzene rings is 1. The Hall–Kier alpha value is -2.84. The maximum absolute atomic E-state index is 13.3. The van der Waals surface area contributed by atoms with Gasteiger partial charge in [-0.15, -0.1) is 0 Å². The predicted molar refractivity (Wildman–Crippen MR) is 120 cm³/mol. The summed E-state index contributed by atoms with van der Waals surface area (Å²) in [6.07, 6.45) is 5.17. The zero-order chi connectivity index (χ0) is 22.1. The van der Waals surface area contributed by atoms with Crippen LogP contribution in [0.4, 0.5) is 0 Å². The van der Waals surface area contributed by atoms with E-state index in [1.54, 1.807) is 30.7 Å². The standard InChI is InChI=1S/C24H23ClN4O3/c25-19-3-4-20-21(15-19)32-16-18-2-1-7-27-23(18)24(20)28-10-12-29(31,13-11-28)22(30)14-17-5-8-26-9-6-17/h1-9,15,24H,10-14,16H2. The maximum atomic E-state index is 13.3. The number of pyridine rings is 2. The Morgan fingerprint density at radius 1 is 1.16 bits per heavy atom. The quantitative estimate of drug-likeness (QED) is 0.449. The molecule has 1 saturated heterocycles. The van der Waals surface area contributed by atoms with Gasteiger partial charge in [-0.3, -0.25) is 19.5 Å². The van der Waals surface area contributed by atoms with Gasteiger partial charge in [-0.05, 0) is 35.9 Å². The van der Waals surface area contributed by atoms with Crippen LogP contribution < -0.4 is 4.74 Å². The molecular weight excluding hydrogens is 428 g/mol. The molecule has 32 heavy (non-hydrogen) atoms. The van der Waals surface area contributed by atoms with Gasteiger partial charge in [0.25, 0.3) is 0 Å². The van der Waals surface area contributed by atoms with E-state index in [4.69, 9.17) is 16.3 Å². The van der Waals surface area contributed by atoms with Gasteiger partial charge in [0.1, 0.15) is 12.4 Å². The largest absolute Gasteiger partial charge is 0.625 e. The van der Waals surface area contributed by atoms with Crippen molar-refractivity contribution in [1.29, 1.82) is 0 Å². The molecule has 164 valence electrons. The number of rotatable bonds is 3. The molecule has 0 spiro atoms. The van der Waals surface area contributed by atoms with Crippen LogP contribution in [-0.2, 0) is 17.8 Å². The van der Waals surface area contributed by atoms with E-state index in [-0.39, 0.29) is 31.5 Å². The minimum absolute atomic E-state index is 0.120. The number of amides is 1. The van der Waals surface area contributed by atoms with Gasteiger partial charge >= 0.3 is 5.91 Å². The Morgan fingerprint density at radius 2 is 1.94 bits per heavy atom. The SMILES string of the molecule is O=C(Cc1ccncc1)[N+]1([O-])CCN(C2c3ccc(Cl)cc3OCc3cccnc32)CC1. The highest BCUT2D eigenvalue weighted by Gasteiger charge is 2.38. The van der Waals surface area contributed by atoms with E-state index in [0.29, 0.717) is 24.7 Å². The van der Waals surface area contributed by atoms with E-state index in [0.717, 1.165) is 28.1 Å². The molecule has 1 atom stereocenters. The molecule has 0 bridgehead atoms. The van der Waals surface area contributed by atoms with Gasteiger partial charge in [-0.1, -0.05) is 23.7 Å². The van der Waals surface area contributed by atoms with Gasteiger partial charge in [-0.25, -0.2) is 4.79 Å². The fraction of sp³-hybridized carbons (Fsp3) is 0.292. The summed E-state index contributed by atoms with van der Waals surface area (Å²) in [5.41, 5.74) is 3.71. The lowest BCUT2D eigenvalue weighted by molar-refractivity contribution is -0.810. The minimum Gasteiger partial charge on any atom is -0.625 e. The van der Waals surface area contributed by atoms with Crippen molar-refractivity contribution < 1.29 is 14.2 Å². The highest BCUT2D eigenvalue weighted by atomic mass is 35.5. The predicted octanol–water partition coefficient (Wildman–Crippen LogP) is 3.51. The van der Waals surface area contributed by atoms with E-state index < -0.39 is 4.65 Å². The second kappa shape index (κ2) is 8.60. The molecule has 0 N–H and O–H groups in total. The first kappa shape index (κ1) is 21.0. The Balaban J connectivity index is 1.40. The summed E-state index contributed by atoms with van der Waals surface area (Å²) in [6, 6.07) is 12.9. The third-order valence-corrected chi connectivity index (χ3v) is 6.49. The number of aromatic nitrogens is 2. The van der Waals surface area contributed by atoms with Crippen LogP contribution >= 0.6 is 11.6 Å². The molecule has 5 rings (SSSR count). The third kappa shape index (κ3) is 4.00. The van der Waals surface area contributed by atoms with Crippen molar-refractivity contribution in [3.63, 3.8) is 0 Å². The van der Waals surface area contributed by atoms with Crippen molar-refractivity contribution in [1.82, 2.24) is 14.9 Å². The Morgan fingerprint density at radius 3 is 2.72 bits per heavy atom. The summed E-state index contributed by atoms with van der Waals surface area (Å²) in [5.74, 6) is 0.411. The molecule has 2 aromatic heterocycles. The van der Waals surface area contributed by atoms with Gasteiger partial charge < -0.3 is 9.94 Å². The monoisotopic (exact) mass is 450 g/mol. The molecule has 7 nitrogen and oxygen atoms in total. The number of fused-ring (bicyclic) bond motifs is 2. The summed E-state index contributed by atoms with van der Waals surface area (Å²) in [5, 5.41) is 14.0. The van der Waals surface area contributed by atoms with Crippen molar-refractivity contribution in [2.24, 2.45) is 0 Å². The molecule has 0 radical (unpaired) electrons. The first-order valence-corrected chi connectivity index (χ1v) is 11.0. The van der Waals surface area contributed by atoms with Gasteiger partial charge in [0.05, 0.1) is 31.2 Å². The van der Waals surface area contributed by atoms with Gasteiger partial charge in [0.2, 0.25) is 0 Å².